The minimum absolute atomic E-state index is 0.0793. The number of thioether (sulfide) groups is 1. The molecule has 0 radical (unpaired) electrons. The fourth-order valence-corrected chi connectivity index (χ4v) is 3.06. The van der Waals surface area contributed by atoms with E-state index in [4.69, 9.17) is 11.6 Å². The topological polar surface area (TPSA) is 71.1 Å². The number of anilines is 1. The lowest BCUT2D eigenvalue weighted by atomic mass is 10.4. The Hall–Kier alpha value is -0.500. The Balaban J connectivity index is 2.76. The van der Waals surface area contributed by atoms with Crippen LogP contribution in [0.25, 0.3) is 0 Å². The van der Waals surface area contributed by atoms with Gasteiger partial charge in [-0.1, -0.05) is 11.6 Å². The van der Waals surface area contributed by atoms with Crippen molar-refractivity contribution in [1.82, 2.24) is 9.71 Å². The lowest BCUT2D eigenvalue weighted by Crippen LogP contribution is -2.25. The zero-order chi connectivity index (χ0) is 13.6. The number of rotatable bonds is 7. The van der Waals surface area contributed by atoms with E-state index in [1.165, 1.54) is 12.3 Å². The molecule has 1 rings (SSSR count). The van der Waals surface area contributed by atoms with E-state index in [1.807, 2.05) is 6.26 Å². The first-order valence-electron chi connectivity index (χ1n) is 5.33. The maximum atomic E-state index is 11.9. The van der Waals surface area contributed by atoms with E-state index in [1.54, 1.807) is 18.8 Å². The van der Waals surface area contributed by atoms with Gasteiger partial charge >= 0.3 is 0 Å². The van der Waals surface area contributed by atoms with Crippen molar-refractivity contribution in [3.05, 3.63) is 17.3 Å². The zero-order valence-electron chi connectivity index (χ0n) is 10.2. The van der Waals surface area contributed by atoms with Crippen LogP contribution in [0.4, 0.5) is 5.82 Å². The van der Waals surface area contributed by atoms with Gasteiger partial charge in [-0.05, 0) is 24.5 Å². The first-order chi connectivity index (χ1) is 8.51. The first-order valence-corrected chi connectivity index (χ1v) is 8.58. The lowest BCUT2D eigenvalue weighted by Gasteiger charge is -2.08. The molecule has 5 nitrogen and oxygen atoms in total. The lowest BCUT2D eigenvalue weighted by molar-refractivity contribution is 0.580. The highest BCUT2D eigenvalue weighted by atomic mass is 35.5. The van der Waals surface area contributed by atoms with Crippen LogP contribution in [-0.2, 0) is 10.0 Å². The third kappa shape index (κ3) is 4.31. The Morgan fingerprint density at radius 2 is 2.22 bits per heavy atom. The number of sulfonamides is 1. The highest BCUT2D eigenvalue weighted by Crippen LogP contribution is 2.21. The molecule has 0 saturated heterocycles. The van der Waals surface area contributed by atoms with Gasteiger partial charge in [0.05, 0.1) is 5.02 Å². The summed E-state index contributed by atoms with van der Waals surface area (Å²) in [7, 11) is -1.85. The minimum Gasteiger partial charge on any atom is -0.372 e. The summed E-state index contributed by atoms with van der Waals surface area (Å²) < 4.78 is 26.3. The van der Waals surface area contributed by atoms with Gasteiger partial charge in [-0.3, -0.25) is 0 Å². The van der Waals surface area contributed by atoms with E-state index in [2.05, 4.69) is 15.0 Å². The fraction of sp³-hybridized carbons (Fsp3) is 0.500. The molecule has 0 aromatic carbocycles. The number of aromatic nitrogens is 1. The van der Waals surface area contributed by atoms with E-state index in [-0.39, 0.29) is 9.92 Å². The molecule has 0 saturated carbocycles. The standard InChI is InChI=1S/C10H16ClN3O2S2/c1-12-10-9(11)6-8(7-13-10)18(15,16)14-4-3-5-17-2/h6-7,14H,3-5H2,1-2H3,(H,12,13). The Morgan fingerprint density at radius 3 is 2.78 bits per heavy atom. The Morgan fingerprint density at radius 1 is 1.50 bits per heavy atom. The van der Waals surface area contributed by atoms with Crippen LogP contribution in [-0.4, -0.2) is 39.0 Å². The van der Waals surface area contributed by atoms with E-state index in [0.717, 1.165) is 12.2 Å². The zero-order valence-corrected chi connectivity index (χ0v) is 12.6. The van der Waals surface area contributed by atoms with Crippen molar-refractivity contribution < 1.29 is 8.42 Å². The Bertz CT molecular complexity index is 494. The van der Waals surface area contributed by atoms with Crippen LogP contribution in [0.3, 0.4) is 0 Å². The second-order valence-corrected chi connectivity index (χ2v) is 6.66. The number of nitrogens with zero attached hydrogens (tertiary/aromatic N) is 1. The smallest absolute Gasteiger partial charge is 0.242 e. The summed E-state index contributed by atoms with van der Waals surface area (Å²) in [6.07, 6.45) is 4.05. The first kappa shape index (κ1) is 15.6. The quantitative estimate of drug-likeness (QED) is 0.752. The maximum Gasteiger partial charge on any atom is 0.242 e. The van der Waals surface area contributed by atoms with Crippen molar-refractivity contribution in [2.75, 3.05) is 30.9 Å². The highest BCUT2D eigenvalue weighted by molar-refractivity contribution is 7.98. The molecule has 0 aliphatic heterocycles. The Kier molecular flexibility index (Phi) is 6.20. The van der Waals surface area contributed by atoms with Gasteiger partial charge < -0.3 is 5.32 Å². The van der Waals surface area contributed by atoms with Gasteiger partial charge in [-0.2, -0.15) is 11.8 Å². The van der Waals surface area contributed by atoms with E-state index >= 15 is 0 Å². The van der Waals surface area contributed by atoms with Crippen molar-refractivity contribution in [3.8, 4) is 0 Å². The molecule has 8 heteroatoms. The monoisotopic (exact) mass is 309 g/mol. The number of hydrogen-bond donors (Lipinski definition) is 2. The molecule has 0 aliphatic rings. The van der Waals surface area contributed by atoms with Crippen LogP contribution in [0, 0.1) is 0 Å². The minimum atomic E-state index is -3.52. The second-order valence-electron chi connectivity index (χ2n) is 3.50. The van der Waals surface area contributed by atoms with Crippen molar-refractivity contribution in [3.63, 3.8) is 0 Å². The van der Waals surface area contributed by atoms with Crippen molar-refractivity contribution in [1.29, 1.82) is 0 Å². The maximum absolute atomic E-state index is 11.9. The van der Waals surface area contributed by atoms with Crippen LogP contribution in [0.5, 0.6) is 0 Å². The predicted octanol–water partition coefficient (Wildman–Crippen LogP) is 1.81. The molecule has 0 fully saturated rings. The summed E-state index contributed by atoms with van der Waals surface area (Å²) in [6, 6.07) is 1.39. The van der Waals surface area contributed by atoms with E-state index in [0.29, 0.717) is 12.4 Å². The summed E-state index contributed by atoms with van der Waals surface area (Å²) in [4.78, 5) is 4.02. The van der Waals surface area contributed by atoms with Gasteiger partial charge in [0.25, 0.3) is 0 Å². The normalized spacial score (nSPS) is 11.5. The van der Waals surface area contributed by atoms with Gasteiger partial charge in [0.1, 0.15) is 10.7 Å². The molecule has 0 bridgehead atoms. The van der Waals surface area contributed by atoms with Crippen LogP contribution >= 0.6 is 23.4 Å². The van der Waals surface area contributed by atoms with Crippen molar-refractivity contribution in [2.45, 2.75) is 11.3 Å². The molecule has 0 unspecified atom stereocenters. The highest BCUT2D eigenvalue weighted by Gasteiger charge is 2.15. The predicted molar refractivity (Wildman–Crippen MR) is 77.0 cm³/mol. The third-order valence-corrected chi connectivity index (χ3v) is 4.59. The molecule has 18 heavy (non-hydrogen) atoms. The summed E-state index contributed by atoms with van der Waals surface area (Å²) in [6.45, 7) is 0.411. The number of nitrogens with one attached hydrogen (secondary N) is 2. The second kappa shape index (κ2) is 7.18. The molecule has 102 valence electrons. The van der Waals surface area contributed by atoms with Crippen molar-refractivity contribution >= 4 is 39.2 Å². The van der Waals surface area contributed by atoms with Crippen LogP contribution < -0.4 is 10.0 Å². The number of halogens is 1. The largest absolute Gasteiger partial charge is 0.372 e. The van der Waals surface area contributed by atoms with Crippen molar-refractivity contribution in [2.24, 2.45) is 0 Å². The van der Waals surface area contributed by atoms with Crippen LogP contribution in [0.2, 0.25) is 5.02 Å². The van der Waals surface area contributed by atoms with E-state index in [9.17, 15) is 8.42 Å². The van der Waals surface area contributed by atoms with Gasteiger partial charge in [0.2, 0.25) is 10.0 Å². The molecule has 1 aromatic heterocycles. The summed E-state index contributed by atoms with van der Waals surface area (Å²) in [5, 5.41) is 3.05. The average molecular weight is 310 g/mol. The van der Waals surface area contributed by atoms with Gasteiger partial charge in [-0.15, -0.1) is 0 Å². The van der Waals surface area contributed by atoms with Crippen LogP contribution in [0.1, 0.15) is 6.42 Å². The number of pyridine rings is 1. The Labute approximate surface area is 117 Å². The molecule has 1 aromatic rings. The van der Waals surface area contributed by atoms with E-state index < -0.39 is 10.0 Å². The average Bonchev–Trinajstić information content (AvgIpc) is 2.34. The molecule has 0 aliphatic carbocycles. The summed E-state index contributed by atoms with van der Waals surface area (Å²) in [5.74, 6) is 1.37. The molecule has 2 N–H and O–H groups in total. The van der Waals surface area contributed by atoms with Gasteiger partial charge in [0, 0.05) is 19.8 Å². The fourth-order valence-electron chi connectivity index (χ4n) is 1.26. The number of hydrogen-bond acceptors (Lipinski definition) is 5. The van der Waals surface area contributed by atoms with Gasteiger partial charge in [0.15, 0.2) is 0 Å². The molecule has 0 atom stereocenters. The third-order valence-electron chi connectivity index (χ3n) is 2.18. The van der Waals surface area contributed by atoms with Crippen LogP contribution in [0.15, 0.2) is 17.2 Å². The SMILES string of the molecule is CNc1ncc(S(=O)(=O)NCCCSC)cc1Cl. The molecular formula is C10H16ClN3O2S2. The molecule has 0 spiro atoms. The summed E-state index contributed by atoms with van der Waals surface area (Å²) in [5.41, 5.74) is 0. The molecule has 1 heterocycles. The molecular weight excluding hydrogens is 294 g/mol. The van der Waals surface area contributed by atoms with Gasteiger partial charge in [-0.25, -0.2) is 18.1 Å². The summed E-state index contributed by atoms with van der Waals surface area (Å²) >= 11 is 7.58. The molecule has 0 amide bonds.